The average molecular weight is 318 g/mol. The van der Waals surface area contributed by atoms with Gasteiger partial charge in [-0.2, -0.15) is 0 Å². The molecule has 0 unspecified atom stereocenters. The van der Waals surface area contributed by atoms with Gasteiger partial charge in [-0.25, -0.2) is 4.39 Å². The Labute approximate surface area is 136 Å². The maximum absolute atomic E-state index is 13.6. The molecule has 6 heteroatoms. The Morgan fingerprint density at radius 3 is 2.87 bits per heavy atom. The first-order valence-corrected chi connectivity index (χ1v) is 8.05. The Kier molecular flexibility index (Phi) is 5.03. The monoisotopic (exact) mass is 318 g/mol. The van der Waals surface area contributed by atoms with Crippen LogP contribution < -0.4 is 0 Å². The SMILES string of the molecule is Cc1nnc(CN2CCC[C@H](OCc3ccccc3F)C2)n1C. The van der Waals surface area contributed by atoms with Gasteiger partial charge in [0.2, 0.25) is 0 Å². The third kappa shape index (κ3) is 3.95. The summed E-state index contributed by atoms with van der Waals surface area (Å²) in [5, 5.41) is 8.32. The minimum Gasteiger partial charge on any atom is -0.372 e. The molecule has 1 aliphatic heterocycles. The highest BCUT2D eigenvalue weighted by molar-refractivity contribution is 5.16. The zero-order chi connectivity index (χ0) is 16.2. The summed E-state index contributed by atoms with van der Waals surface area (Å²) < 4.78 is 21.6. The highest BCUT2D eigenvalue weighted by atomic mass is 19.1. The quantitative estimate of drug-likeness (QED) is 0.849. The van der Waals surface area contributed by atoms with Crippen molar-refractivity contribution in [1.29, 1.82) is 0 Å². The number of benzene rings is 1. The molecule has 2 aromatic rings. The van der Waals surface area contributed by atoms with E-state index in [0.29, 0.717) is 12.2 Å². The van der Waals surface area contributed by atoms with Gasteiger partial charge in [0.25, 0.3) is 0 Å². The van der Waals surface area contributed by atoms with Crippen LogP contribution in [0.1, 0.15) is 30.1 Å². The van der Waals surface area contributed by atoms with E-state index in [1.54, 1.807) is 12.1 Å². The Hall–Kier alpha value is -1.79. The molecule has 1 aromatic heterocycles. The lowest BCUT2D eigenvalue weighted by molar-refractivity contribution is -0.0137. The number of ether oxygens (including phenoxy) is 1. The Morgan fingerprint density at radius 1 is 1.30 bits per heavy atom. The molecule has 1 aromatic carbocycles. The van der Waals surface area contributed by atoms with Crippen LogP contribution in [0.25, 0.3) is 0 Å². The van der Waals surface area contributed by atoms with Gasteiger partial charge in [-0.1, -0.05) is 18.2 Å². The highest BCUT2D eigenvalue weighted by Crippen LogP contribution is 2.18. The van der Waals surface area contributed by atoms with Crippen molar-refractivity contribution in [1.82, 2.24) is 19.7 Å². The van der Waals surface area contributed by atoms with Crippen LogP contribution in [-0.2, 0) is 24.9 Å². The summed E-state index contributed by atoms with van der Waals surface area (Å²) in [5.74, 6) is 1.69. The molecule has 0 spiro atoms. The third-order valence-corrected chi connectivity index (χ3v) is 4.44. The van der Waals surface area contributed by atoms with Crippen molar-refractivity contribution < 1.29 is 9.13 Å². The van der Waals surface area contributed by atoms with Crippen molar-refractivity contribution in [2.24, 2.45) is 7.05 Å². The van der Waals surface area contributed by atoms with Crippen LogP contribution in [-0.4, -0.2) is 38.9 Å². The lowest BCUT2D eigenvalue weighted by atomic mass is 10.1. The van der Waals surface area contributed by atoms with Crippen LogP contribution in [0.5, 0.6) is 0 Å². The van der Waals surface area contributed by atoms with Crippen LogP contribution in [0.15, 0.2) is 24.3 Å². The van der Waals surface area contributed by atoms with Gasteiger partial charge in [0.15, 0.2) is 0 Å². The molecule has 1 atom stereocenters. The minimum absolute atomic E-state index is 0.137. The second kappa shape index (κ2) is 7.19. The number of halogens is 1. The molecule has 0 radical (unpaired) electrons. The number of hydrogen-bond acceptors (Lipinski definition) is 4. The maximum Gasteiger partial charge on any atom is 0.146 e. The van der Waals surface area contributed by atoms with Gasteiger partial charge in [0.1, 0.15) is 17.5 Å². The normalized spacial score (nSPS) is 19.2. The van der Waals surface area contributed by atoms with Gasteiger partial charge in [-0.15, -0.1) is 10.2 Å². The third-order valence-electron chi connectivity index (χ3n) is 4.44. The summed E-state index contributed by atoms with van der Waals surface area (Å²) in [6.45, 7) is 4.93. The molecule has 1 saturated heterocycles. The van der Waals surface area contributed by atoms with Crippen molar-refractivity contribution in [2.45, 2.75) is 39.0 Å². The molecule has 1 aliphatic rings. The zero-order valence-corrected chi connectivity index (χ0v) is 13.7. The molecule has 3 rings (SSSR count). The van der Waals surface area contributed by atoms with Crippen LogP contribution in [0.2, 0.25) is 0 Å². The second-order valence-corrected chi connectivity index (χ2v) is 6.12. The molecule has 0 N–H and O–H groups in total. The predicted molar refractivity (Wildman–Crippen MR) is 85.2 cm³/mol. The summed E-state index contributed by atoms with van der Waals surface area (Å²) in [4.78, 5) is 2.33. The standard InChI is InChI=1S/C17H23FN4O/c1-13-19-20-17(21(13)2)11-22-9-5-7-15(10-22)23-12-14-6-3-4-8-16(14)18/h3-4,6,8,15H,5,7,9-12H2,1-2H3/t15-/m0/s1. The van der Waals surface area contributed by atoms with E-state index in [2.05, 4.69) is 15.1 Å². The van der Waals surface area contributed by atoms with E-state index in [1.165, 1.54) is 6.07 Å². The van der Waals surface area contributed by atoms with Crippen molar-refractivity contribution in [3.8, 4) is 0 Å². The molecular formula is C17H23FN4O. The zero-order valence-electron chi connectivity index (χ0n) is 13.7. The van der Waals surface area contributed by atoms with Crippen LogP contribution in [0.3, 0.4) is 0 Å². The summed E-state index contributed by atoms with van der Waals surface area (Å²) in [6.07, 6.45) is 2.24. The van der Waals surface area contributed by atoms with Crippen LogP contribution >= 0.6 is 0 Å². The molecule has 0 aliphatic carbocycles. The summed E-state index contributed by atoms with van der Waals surface area (Å²) in [5.41, 5.74) is 0.619. The fraction of sp³-hybridized carbons (Fsp3) is 0.529. The van der Waals surface area contributed by atoms with Gasteiger partial charge in [0.05, 0.1) is 19.3 Å². The highest BCUT2D eigenvalue weighted by Gasteiger charge is 2.22. The number of rotatable bonds is 5. The van der Waals surface area contributed by atoms with Crippen molar-refractivity contribution >= 4 is 0 Å². The molecule has 0 amide bonds. The molecule has 2 heterocycles. The number of likely N-dealkylation sites (tertiary alicyclic amines) is 1. The molecule has 0 bridgehead atoms. The van der Waals surface area contributed by atoms with E-state index in [0.717, 1.165) is 44.1 Å². The van der Waals surface area contributed by atoms with E-state index in [-0.39, 0.29) is 11.9 Å². The smallest absolute Gasteiger partial charge is 0.146 e. The van der Waals surface area contributed by atoms with Gasteiger partial charge < -0.3 is 9.30 Å². The van der Waals surface area contributed by atoms with E-state index >= 15 is 0 Å². The molecule has 124 valence electrons. The topological polar surface area (TPSA) is 43.2 Å². The maximum atomic E-state index is 13.6. The number of hydrogen-bond donors (Lipinski definition) is 0. The van der Waals surface area contributed by atoms with Crippen molar-refractivity contribution in [2.75, 3.05) is 13.1 Å². The first kappa shape index (κ1) is 16.1. The van der Waals surface area contributed by atoms with Gasteiger partial charge in [0, 0.05) is 19.2 Å². The van der Waals surface area contributed by atoms with Crippen LogP contribution in [0.4, 0.5) is 4.39 Å². The molecule has 23 heavy (non-hydrogen) atoms. The molecular weight excluding hydrogens is 295 g/mol. The number of aromatic nitrogens is 3. The van der Waals surface area contributed by atoms with Gasteiger partial charge in [-0.3, -0.25) is 4.90 Å². The van der Waals surface area contributed by atoms with E-state index < -0.39 is 0 Å². The van der Waals surface area contributed by atoms with Gasteiger partial charge >= 0.3 is 0 Å². The first-order valence-electron chi connectivity index (χ1n) is 8.05. The van der Waals surface area contributed by atoms with E-state index in [9.17, 15) is 4.39 Å². The van der Waals surface area contributed by atoms with Gasteiger partial charge in [-0.05, 0) is 32.4 Å². The van der Waals surface area contributed by atoms with E-state index in [1.807, 2.05) is 24.6 Å². The predicted octanol–water partition coefficient (Wildman–Crippen LogP) is 2.44. The Bertz CT molecular complexity index is 658. The number of nitrogens with zero attached hydrogens (tertiary/aromatic N) is 4. The average Bonchev–Trinajstić information content (AvgIpc) is 2.87. The Balaban J connectivity index is 1.54. The lowest BCUT2D eigenvalue weighted by Crippen LogP contribution is -2.39. The number of aryl methyl sites for hydroxylation is 1. The lowest BCUT2D eigenvalue weighted by Gasteiger charge is -2.32. The van der Waals surface area contributed by atoms with Crippen LogP contribution in [0, 0.1) is 12.7 Å². The fourth-order valence-corrected chi connectivity index (χ4v) is 2.90. The molecule has 0 saturated carbocycles. The summed E-state index contributed by atoms with van der Waals surface area (Å²) in [7, 11) is 1.99. The summed E-state index contributed by atoms with van der Waals surface area (Å²) >= 11 is 0. The van der Waals surface area contributed by atoms with Crippen molar-refractivity contribution in [3.05, 3.63) is 47.3 Å². The number of piperidine rings is 1. The van der Waals surface area contributed by atoms with Crippen molar-refractivity contribution in [3.63, 3.8) is 0 Å². The largest absolute Gasteiger partial charge is 0.372 e. The fourth-order valence-electron chi connectivity index (χ4n) is 2.90. The molecule has 5 nitrogen and oxygen atoms in total. The second-order valence-electron chi connectivity index (χ2n) is 6.12. The molecule has 1 fully saturated rings. The Morgan fingerprint density at radius 2 is 2.13 bits per heavy atom. The summed E-state index contributed by atoms with van der Waals surface area (Å²) in [6, 6.07) is 6.79. The van der Waals surface area contributed by atoms with E-state index in [4.69, 9.17) is 4.74 Å². The first-order chi connectivity index (χ1) is 11.1. The minimum atomic E-state index is -0.199.